The second-order valence-corrected chi connectivity index (χ2v) is 9.54. The molecule has 30 heavy (non-hydrogen) atoms. The molecule has 0 amide bonds. The Bertz CT molecular complexity index is 1250. The summed E-state index contributed by atoms with van der Waals surface area (Å²) in [7, 11) is -3.69. The predicted molar refractivity (Wildman–Crippen MR) is 108 cm³/mol. The van der Waals surface area contributed by atoms with E-state index >= 15 is 0 Å². The molecular formula is C21H21FN2O5S. The molecule has 4 rings (SSSR count). The summed E-state index contributed by atoms with van der Waals surface area (Å²) in [5, 5.41) is 0. The molecule has 0 saturated carbocycles. The maximum Gasteiger partial charge on any atom is 0.420 e. The van der Waals surface area contributed by atoms with Gasteiger partial charge >= 0.3 is 5.76 Å². The first-order chi connectivity index (χ1) is 14.3. The SMILES string of the molecule is CC1CCN(S(=O)(=O)c2ccc3c(c2)oc(=O)n3CC(=O)c2ccc(F)cc2)CC1. The van der Waals surface area contributed by atoms with Crippen LogP contribution in [-0.4, -0.2) is 36.2 Å². The molecule has 2 heterocycles. The molecule has 0 bridgehead atoms. The number of benzene rings is 2. The van der Waals surface area contributed by atoms with Gasteiger partial charge < -0.3 is 4.42 Å². The van der Waals surface area contributed by atoms with E-state index in [4.69, 9.17) is 4.42 Å². The van der Waals surface area contributed by atoms with Crippen molar-refractivity contribution < 1.29 is 22.0 Å². The average Bonchev–Trinajstić information content (AvgIpc) is 3.03. The molecule has 9 heteroatoms. The number of nitrogens with zero attached hydrogens (tertiary/aromatic N) is 2. The van der Waals surface area contributed by atoms with Gasteiger partial charge in [-0.2, -0.15) is 4.31 Å². The lowest BCUT2D eigenvalue weighted by molar-refractivity contribution is 0.0970. The van der Waals surface area contributed by atoms with Crippen LogP contribution in [0.4, 0.5) is 4.39 Å². The molecule has 0 aliphatic carbocycles. The lowest BCUT2D eigenvalue weighted by atomic mass is 10.0. The van der Waals surface area contributed by atoms with Gasteiger partial charge in [0.2, 0.25) is 10.0 Å². The molecule has 1 aromatic heterocycles. The summed E-state index contributed by atoms with van der Waals surface area (Å²) < 4.78 is 46.7. The highest BCUT2D eigenvalue weighted by molar-refractivity contribution is 7.89. The summed E-state index contributed by atoms with van der Waals surface area (Å²) in [6.07, 6.45) is 1.61. The smallest absolute Gasteiger partial charge is 0.408 e. The zero-order valence-corrected chi connectivity index (χ0v) is 17.2. The van der Waals surface area contributed by atoms with Gasteiger partial charge in [-0.3, -0.25) is 9.36 Å². The number of hydrogen-bond donors (Lipinski definition) is 0. The minimum atomic E-state index is -3.69. The number of piperidine rings is 1. The number of aromatic nitrogens is 1. The van der Waals surface area contributed by atoms with E-state index in [9.17, 15) is 22.4 Å². The van der Waals surface area contributed by atoms with Crippen LogP contribution in [0.2, 0.25) is 0 Å². The Morgan fingerprint density at radius 1 is 1.13 bits per heavy atom. The third kappa shape index (κ3) is 3.82. The number of carbonyl (C=O) groups excluding carboxylic acids is 1. The van der Waals surface area contributed by atoms with E-state index in [0.717, 1.165) is 17.4 Å². The van der Waals surface area contributed by atoms with Gasteiger partial charge in [0.25, 0.3) is 0 Å². The minimum Gasteiger partial charge on any atom is -0.408 e. The molecule has 2 aromatic carbocycles. The monoisotopic (exact) mass is 432 g/mol. The first-order valence-electron chi connectivity index (χ1n) is 9.68. The fourth-order valence-electron chi connectivity index (χ4n) is 3.60. The zero-order valence-electron chi connectivity index (χ0n) is 16.4. The van der Waals surface area contributed by atoms with Crippen LogP contribution in [0.3, 0.4) is 0 Å². The molecule has 3 aromatic rings. The van der Waals surface area contributed by atoms with Crippen molar-refractivity contribution in [1.29, 1.82) is 0 Å². The molecule has 1 fully saturated rings. The van der Waals surface area contributed by atoms with Crippen LogP contribution >= 0.6 is 0 Å². The molecule has 1 aliphatic rings. The maximum absolute atomic E-state index is 13.1. The Balaban J connectivity index is 1.63. The fourth-order valence-corrected chi connectivity index (χ4v) is 5.09. The molecule has 0 radical (unpaired) electrons. The number of Topliss-reactive ketones (excluding diaryl/α,β-unsaturated/α-hetero) is 1. The molecule has 0 spiro atoms. The van der Waals surface area contributed by atoms with Crippen LogP contribution < -0.4 is 5.76 Å². The molecule has 0 atom stereocenters. The summed E-state index contributed by atoms with van der Waals surface area (Å²) in [6.45, 7) is 2.71. The Kier molecular flexibility index (Phi) is 5.33. The summed E-state index contributed by atoms with van der Waals surface area (Å²) in [5.74, 6) is -1.13. The fraction of sp³-hybridized carbons (Fsp3) is 0.333. The zero-order chi connectivity index (χ0) is 21.5. The van der Waals surface area contributed by atoms with Crippen molar-refractivity contribution in [3.05, 3.63) is 64.4 Å². The number of halogens is 1. The number of oxazole rings is 1. The lowest BCUT2D eigenvalue weighted by Gasteiger charge is -2.29. The number of ketones is 1. The number of carbonyl (C=O) groups is 1. The molecule has 1 saturated heterocycles. The van der Waals surface area contributed by atoms with E-state index in [1.807, 2.05) is 0 Å². The average molecular weight is 432 g/mol. The Morgan fingerprint density at radius 2 is 1.80 bits per heavy atom. The van der Waals surface area contributed by atoms with Crippen LogP contribution in [0.25, 0.3) is 11.1 Å². The van der Waals surface area contributed by atoms with Crippen molar-refractivity contribution in [3.63, 3.8) is 0 Å². The van der Waals surface area contributed by atoms with E-state index in [2.05, 4.69) is 6.92 Å². The highest BCUT2D eigenvalue weighted by atomic mass is 32.2. The quantitative estimate of drug-likeness (QED) is 0.578. The third-order valence-corrected chi connectivity index (χ3v) is 7.38. The Hall–Kier alpha value is -2.78. The molecule has 7 nitrogen and oxygen atoms in total. The van der Waals surface area contributed by atoms with Gasteiger partial charge in [-0.25, -0.2) is 17.6 Å². The molecule has 158 valence electrons. The van der Waals surface area contributed by atoms with Crippen LogP contribution in [0, 0.1) is 11.7 Å². The van der Waals surface area contributed by atoms with E-state index in [0.29, 0.717) is 24.5 Å². The first kappa shape index (κ1) is 20.5. The van der Waals surface area contributed by atoms with Gasteiger partial charge in [0.1, 0.15) is 5.82 Å². The van der Waals surface area contributed by atoms with Gasteiger partial charge in [-0.15, -0.1) is 0 Å². The first-order valence-corrected chi connectivity index (χ1v) is 11.1. The number of rotatable bonds is 5. The second-order valence-electron chi connectivity index (χ2n) is 7.60. The molecule has 0 N–H and O–H groups in total. The highest BCUT2D eigenvalue weighted by Crippen LogP contribution is 2.26. The van der Waals surface area contributed by atoms with Gasteiger partial charge in [0.05, 0.1) is 17.0 Å². The summed E-state index contributed by atoms with van der Waals surface area (Å²) in [6, 6.07) is 9.23. The Labute approximate surface area is 172 Å². The van der Waals surface area contributed by atoms with Crippen molar-refractivity contribution in [2.24, 2.45) is 5.92 Å². The van der Waals surface area contributed by atoms with E-state index in [1.165, 1.54) is 46.8 Å². The van der Waals surface area contributed by atoms with E-state index in [-0.39, 0.29) is 28.4 Å². The van der Waals surface area contributed by atoms with Crippen molar-refractivity contribution in [2.45, 2.75) is 31.2 Å². The van der Waals surface area contributed by atoms with Crippen LogP contribution in [0.5, 0.6) is 0 Å². The normalized spacial score (nSPS) is 16.2. The summed E-state index contributed by atoms with van der Waals surface area (Å²) in [4.78, 5) is 24.8. The van der Waals surface area contributed by atoms with E-state index < -0.39 is 21.6 Å². The summed E-state index contributed by atoms with van der Waals surface area (Å²) >= 11 is 0. The van der Waals surface area contributed by atoms with Gasteiger partial charge in [0.15, 0.2) is 11.4 Å². The molecule has 1 aliphatic heterocycles. The van der Waals surface area contributed by atoms with Gasteiger partial charge in [0, 0.05) is 24.7 Å². The van der Waals surface area contributed by atoms with Crippen molar-refractivity contribution in [3.8, 4) is 0 Å². The number of hydrogen-bond acceptors (Lipinski definition) is 5. The third-order valence-electron chi connectivity index (χ3n) is 5.49. The van der Waals surface area contributed by atoms with Gasteiger partial charge in [-0.05, 0) is 55.2 Å². The standard InChI is InChI=1S/C21H21FN2O5S/c1-14-8-10-23(11-9-14)30(27,28)17-6-7-18-20(12-17)29-21(26)24(18)13-19(25)15-2-4-16(22)5-3-15/h2-7,12,14H,8-11,13H2,1H3. The number of fused-ring (bicyclic) bond motifs is 1. The van der Waals surface area contributed by atoms with Crippen molar-refractivity contribution in [2.75, 3.05) is 13.1 Å². The van der Waals surface area contributed by atoms with Crippen LogP contribution in [0.15, 0.2) is 56.6 Å². The van der Waals surface area contributed by atoms with E-state index in [1.54, 1.807) is 0 Å². The van der Waals surface area contributed by atoms with Gasteiger partial charge in [-0.1, -0.05) is 6.92 Å². The minimum absolute atomic E-state index is 0.0512. The molecule has 0 unspecified atom stereocenters. The predicted octanol–water partition coefficient (Wildman–Crippen LogP) is 3.04. The molecular weight excluding hydrogens is 411 g/mol. The van der Waals surface area contributed by atoms with Crippen molar-refractivity contribution >= 4 is 26.9 Å². The largest absolute Gasteiger partial charge is 0.420 e. The summed E-state index contributed by atoms with van der Waals surface area (Å²) in [5.41, 5.74) is 0.677. The highest BCUT2D eigenvalue weighted by Gasteiger charge is 2.29. The Morgan fingerprint density at radius 3 is 2.47 bits per heavy atom. The topological polar surface area (TPSA) is 89.6 Å². The second kappa shape index (κ2) is 7.81. The lowest BCUT2D eigenvalue weighted by Crippen LogP contribution is -2.37. The maximum atomic E-state index is 13.1. The number of sulfonamides is 1. The van der Waals surface area contributed by atoms with Crippen LogP contribution in [-0.2, 0) is 16.6 Å². The van der Waals surface area contributed by atoms with Crippen molar-refractivity contribution in [1.82, 2.24) is 8.87 Å². The van der Waals surface area contributed by atoms with Crippen LogP contribution in [0.1, 0.15) is 30.1 Å².